The molecule has 2 aromatic rings. The average molecular weight is 338 g/mol. The molecule has 0 bridgehead atoms. The number of rotatable bonds is 8. The van der Waals surface area contributed by atoms with Gasteiger partial charge in [-0.25, -0.2) is 0 Å². The molecular formula is C21H26N2O2. The lowest BCUT2D eigenvalue weighted by Crippen LogP contribution is -2.27. The van der Waals surface area contributed by atoms with Crippen LogP contribution in [0.2, 0.25) is 0 Å². The van der Waals surface area contributed by atoms with E-state index in [0.717, 1.165) is 24.8 Å². The molecule has 0 aliphatic heterocycles. The fourth-order valence-electron chi connectivity index (χ4n) is 2.56. The number of unbranched alkanes of at least 4 members (excludes halogenated alkanes) is 2. The van der Waals surface area contributed by atoms with Gasteiger partial charge in [0.2, 0.25) is 0 Å². The van der Waals surface area contributed by atoms with E-state index in [1.165, 1.54) is 0 Å². The Morgan fingerprint density at radius 2 is 1.48 bits per heavy atom. The van der Waals surface area contributed by atoms with Gasteiger partial charge in [0.25, 0.3) is 11.8 Å². The predicted octanol–water partition coefficient (Wildman–Crippen LogP) is 4.10. The van der Waals surface area contributed by atoms with Crippen molar-refractivity contribution in [2.75, 3.05) is 6.54 Å². The van der Waals surface area contributed by atoms with Crippen LogP contribution in [0.15, 0.2) is 54.6 Å². The summed E-state index contributed by atoms with van der Waals surface area (Å²) < 4.78 is 0. The first-order valence-electron chi connectivity index (χ1n) is 8.86. The van der Waals surface area contributed by atoms with Crippen LogP contribution in [-0.4, -0.2) is 18.4 Å². The van der Waals surface area contributed by atoms with Crippen molar-refractivity contribution >= 4 is 11.8 Å². The minimum atomic E-state index is -0.147. The molecule has 0 aromatic heterocycles. The molecule has 1 atom stereocenters. The molecular weight excluding hydrogens is 312 g/mol. The first kappa shape index (κ1) is 18.7. The highest BCUT2D eigenvalue weighted by molar-refractivity contribution is 5.97. The fourth-order valence-corrected chi connectivity index (χ4v) is 2.56. The van der Waals surface area contributed by atoms with Crippen LogP contribution in [-0.2, 0) is 0 Å². The summed E-state index contributed by atoms with van der Waals surface area (Å²) in [4.78, 5) is 24.4. The van der Waals surface area contributed by atoms with Crippen LogP contribution >= 0.6 is 0 Å². The predicted molar refractivity (Wildman–Crippen MR) is 101 cm³/mol. The van der Waals surface area contributed by atoms with Crippen LogP contribution in [0.1, 0.15) is 65.4 Å². The van der Waals surface area contributed by atoms with Gasteiger partial charge in [0.05, 0.1) is 6.04 Å². The van der Waals surface area contributed by atoms with Gasteiger partial charge in [-0.05, 0) is 43.2 Å². The van der Waals surface area contributed by atoms with Crippen molar-refractivity contribution in [3.05, 3.63) is 71.3 Å². The smallest absolute Gasteiger partial charge is 0.251 e. The summed E-state index contributed by atoms with van der Waals surface area (Å²) in [6.45, 7) is 4.76. The van der Waals surface area contributed by atoms with E-state index in [1.807, 2.05) is 37.3 Å². The topological polar surface area (TPSA) is 58.2 Å². The molecule has 2 aromatic carbocycles. The third-order valence-electron chi connectivity index (χ3n) is 4.12. The lowest BCUT2D eigenvalue weighted by Gasteiger charge is -2.14. The summed E-state index contributed by atoms with van der Waals surface area (Å²) in [5, 5.41) is 5.87. The zero-order chi connectivity index (χ0) is 18.1. The standard InChI is InChI=1S/C21H26N2O2/c1-3-4-8-15-22-20(24)18-11-13-19(14-12-18)21(25)23-16(2)17-9-6-5-7-10-17/h5-7,9-14,16H,3-4,8,15H2,1-2H3,(H,22,24)(H,23,25). The summed E-state index contributed by atoms with van der Waals surface area (Å²) in [6, 6.07) is 16.5. The van der Waals surface area contributed by atoms with Gasteiger partial charge in [0, 0.05) is 17.7 Å². The normalized spacial score (nSPS) is 11.6. The van der Waals surface area contributed by atoms with E-state index in [4.69, 9.17) is 0 Å². The number of hydrogen-bond acceptors (Lipinski definition) is 2. The highest BCUT2D eigenvalue weighted by Crippen LogP contribution is 2.13. The summed E-state index contributed by atoms with van der Waals surface area (Å²) in [7, 11) is 0. The molecule has 2 N–H and O–H groups in total. The molecule has 0 heterocycles. The van der Waals surface area contributed by atoms with Crippen molar-refractivity contribution in [1.82, 2.24) is 10.6 Å². The monoisotopic (exact) mass is 338 g/mol. The summed E-state index contributed by atoms with van der Waals surface area (Å²) in [5.41, 5.74) is 2.17. The Balaban J connectivity index is 1.90. The molecule has 0 saturated carbocycles. The SMILES string of the molecule is CCCCCNC(=O)c1ccc(C(=O)NC(C)c2ccccc2)cc1. The minimum Gasteiger partial charge on any atom is -0.352 e. The molecule has 0 aliphatic rings. The van der Waals surface area contributed by atoms with E-state index in [1.54, 1.807) is 24.3 Å². The molecule has 132 valence electrons. The van der Waals surface area contributed by atoms with Crippen molar-refractivity contribution < 1.29 is 9.59 Å². The van der Waals surface area contributed by atoms with Crippen molar-refractivity contribution in [2.24, 2.45) is 0 Å². The van der Waals surface area contributed by atoms with Crippen LogP contribution in [0.3, 0.4) is 0 Å². The van der Waals surface area contributed by atoms with Gasteiger partial charge in [0.1, 0.15) is 0 Å². The zero-order valence-electron chi connectivity index (χ0n) is 14.9. The van der Waals surface area contributed by atoms with E-state index < -0.39 is 0 Å². The lowest BCUT2D eigenvalue weighted by molar-refractivity contribution is 0.0932. The molecule has 1 unspecified atom stereocenters. The zero-order valence-corrected chi connectivity index (χ0v) is 14.9. The summed E-state index contributed by atoms with van der Waals surface area (Å²) >= 11 is 0. The van der Waals surface area contributed by atoms with Crippen molar-refractivity contribution in [2.45, 2.75) is 39.2 Å². The second-order valence-electron chi connectivity index (χ2n) is 6.15. The fraction of sp³-hybridized carbons (Fsp3) is 0.333. The Morgan fingerprint density at radius 3 is 2.08 bits per heavy atom. The highest BCUT2D eigenvalue weighted by Gasteiger charge is 2.12. The number of hydrogen-bond donors (Lipinski definition) is 2. The maximum atomic E-state index is 12.3. The van der Waals surface area contributed by atoms with Crippen molar-refractivity contribution in [3.8, 4) is 0 Å². The van der Waals surface area contributed by atoms with E-state index in [-0.39, 0.29) is 17.9 Å². The molecule has 0 radical (unpaired) electrons. The van der Waals surface area contributed by atoms with Gasteiger partial charge < -0.3 is 10.6 Å². The Kier molecular flexibility index (Phi) is 7.20. The number of amides is 2. The van der Waals surface area contributed by atoms with Crippen LogP contribution < -0.4 is 10.6 Å². The molecule has 0 saturated heterocycles. The molecule has 2 amide bonds. The van der Waals surface area contributed by atoms with Crippen LogP contribution in [0.5, 0.6) is 0 Å². The molecule has 25 heavy (non-hydrogen) atoms. The Bertz CT molecular complexity index is 681. The van der Waals surface area contributed by atoms with Gasteiger partial charge >= 0.3 is 0 Å². The van der Waals surface area contributed by atoms with Crippen LogP contribution in [0.25, 0.3) is 0 Å². The summed E-state index contributed by atoms with van der Waals surface area (Å²) in [6.07, 6.45) is 3.22. The Hall–Kier alpha value is -2.62. The third-order valence-corrected chi connectivity index (χ3v) is 4.12. The van der Waals surface area contributed by atoms with Gasteiger partial charge in [-0.15, -0.1) is 0 Å². The van der Waals surface area contributed by atoms with E-state index in [9.17, 15) is 9.59 Å². The van der Waals surface area contributed by atoms with Crippen molar-refractivity contribution in [3.63, 3.8) is 0 Å². The number of carbonyl (C=O) groups excluding carboxylic acids is 2. The first-order valence-corrected chi connectivity index (χ1v) is 8.86. The number of carbonyl (C=O) groups is 2. The Labute approximate surface area is 149 Å². The average Bonchev–Trinajstić information content (AvgIpc) is 2.66. The van der Waals surface area contributed by atoms with Gasteiger partial charge in [-0.1, -0.05) is 50.1 Å². The largest absolute Gasteiger partial charge is 0.352 e. The number of benzene rings is 2. The molecule has 0 spiro atoms. The number of nitrogens with one attached hydrogen (secondary N) is 2. The second kappa shape index (κ2) is 9.62. The van der Waals surface area contributed by atoms with Gasteiger partial charge in [-0.2, -0.15) is 0 Å². The molecule has 0 aliphatic carbocycles. The van der Waals surface area contributed by atoms with Gasteiger partial charge in [-0.3, -0.25) is 9.59 Å². The van der Waals surface area contributed by atoms with Crippen LogP contribution in [0.4, 0.5) is 0 Å². The third kappa shape index (κ3) is 5.75. The minimum absolute atomic E-state index is 0.0739. The maximum Gasteiger partial charge on any atom is 0.251 e. The van der Waals surface area contributed by atoms with E-state index in [0.29, 0.717) is 17.7 Å². The van der Waals surface area contributed by atoms with E-state index in [2.05, 4.69) is 17.6 Å². The Morgan fingerprint density at radius 1 is 0.880 bits per heavy atom. The second-order valence-corrected chi connectivity index (χ2v) is 6.15. The van der Waals surface area contributed by atoms with Gasteiger partial charge in [0.15, 0.2) is 0 Å². The highest BCUT2D eigenvalue weighted by atomic mass is 16.2. The quantitative estimate of drug-likeness (QED) is 0.712. The maximum absolute atomic E-state index is 12.3. The molecule has 0 fully saturated rings. The van der Waals surface area contributed by atoms with E-state index >= 15 is 0 Å². The lowest BCUT2D eigenvalue weighted by atomic mass is 10.1. The molecule has 2 rings (SSSR count). The molecule has 4 heteroatoms. The summed E-state index contributed by atoms with van der Waals surface area (Å²) in [5.74, 6) is -0.244. The molecule has 4 nitrogen and oxygen atoms in total. The first-order chi connectivity index (χ1) is 12.1. The van der Waals surface area contributed by atoms with Crippen molar-refractivity contribution in [1.29, 1.82) is 0 Å². The van der Waals surface area contributed by atoms with Crippen LogP contribution in [0, 0.1) is 0 Å².